The highest BCUT2D eigenvalue weighted by atomic mass is 35.5. The molecule has 10 nitrogen and oxygen atoms in total. The van der Waals surface area contributed by atoms with E-state index < -0.39 is 22.5 Å². The van der Waals surface area contributed by atoms with E-state index in [0.717, 1.165) is 34.4 Å². The van der Waals surface area contributed by atoms with Crippen LogP contribution in [0.3, 0.4) is 0 Å². The van der Waals surface area contributed by atoms with Crippen LogP contribution < -0.4 is 10.6 Å². The average molecular weight is 585 g/mol. The van der Waals surface area contributed by atoms with E-state index in [9.17, 15) is 18.0 Å². The van der Waals surface area contributed by atoms with Crippen molar-refractivity contribution in [3.8, 4) is 0 Å². The maximum atomic E-state index is 13.3. The summed E-state index contributed by atoms with van der Waals surface area (Å²) in [5.41, 5.74) is 2.31. The first-order valence-corrected chi connectivity index (χ1v) is 14.1. The molecule has 2 aromatic rings. The Morgan fingerprint density at radius 2 is 1.87 bits per heavy atom. The number of methoxy groups -OCH3 is 1. The second-order valence-electron chi connectivity index (χ2n) is 8.70. The quantitative estimate of drug-likeness (QED) is 0.394. The van der Waals surface area contributed by atoms with E-state index in [0.29, 0.717) is 17.1 Å². The number of aliphatic imine (C=N–C) groups is 1. The SMILES string of the molecule is COCCN(CC(=O)NCC(=O)N(C)Cc1ccc(C2=NCCN2)cc1)S(=O)(=O)c1ccc(Cl)c(C)c1Cl. The van der Waals surface area contributed by atoms with Gasteiger partial charge in [-0.15, -0.1) is 0 Å². The molecule has 2 amide bonds. The van der Waals surface area contributed by atoms with Crippen LogP contribution in [0.1, 0.15) is 16.7 Å². The number of amides is 2. The number of carbonyl (C=O) groups is 2. The summed E-state index contributed by atoms with van der Waals surface area (Å²) in [4.78, 5) is 31.0. The molecule has 38 heavy (non-hydrogen) atoms. The fourth-order valence-corrected chi connectivity index (χ4v) is 5.86. The van der Waals surface area contributed by atoms with Crippen molar-refractivity contribution in [2.45, 2.75) is 18.4 Å². The molecule has 0 bridgehead atoms. The Balaban J connectivity index is 1.59. The zero-order chi connectivity index (χ0) is 27.9. The summed E-state index contributed by atoms with van der Waals surface area (Å²) in [5, 5.41) is 6.03. The minimum atomic E-state index is -4.15. The molecule has 1 aliphatic heterocycles. The predicted octanol–water partition coefficient (Wildman–Crippen LogP) is 2.06. The van der Waals surface area contributed by atoms with Gasteiger partial charge in [-0.3, -0.25) is 14.6 Å². The number of nitrogens with one attached hydrogen (secondary N) is 2. The first-order valence-electron chi connectivity index (χ1n) is 11.9. The van der Waals surface area contributed by atoms with Crippen molar-refractivity contribution in [1.29, 1.82) is 0 Å². The Labute approximate surface area is 233 Å². The van der Waals surface area contributed by atoms with Gasteiger partial charge in [0.2, 0.25) is 21.8 Å². The van der Waals surface area contributed by atoms with Crippen molar-refractivity contribution in [2.24, 2.45) is 4.99 Å². The summed E-state index contributed by atoms with van der Waals surface area (Å²) in [5.74, 6) is -0.104. The molecule has 0 spiro atoms. The lowest BCUT2D eigenvalue weighted by Gasteiger charge is -2.23. The van der Waals surface area contributed by atoms with Crippen LogP contribution in [0.15, 0.2) is 46.3 Å². The molecular weight excluding hydrogens is 553 g/mol. The van der Waals surface area contributed by atoms with Crippen LogP contribution in [0.2, 0.25) is 10.0 Å². The van der Waals surface area contributed by atoms with Crippen LogP contribution in [0.25, 0.3) is 0 Å². The molecule has 0 fully saturated rings. The highest BCUT2D eigenvalue weighted by molar-refractivity contribution is 7.89. The van der Waals surface area contributed by atoms with Crippen LogP contribution in [0.4, 0.5) is 0 Å². The van der Waals surface area contributed by atoms with Gasteiger partial charge in [0.15, 0.2) is 0 Å². The van der Waals surface area contributed by atoms with E-state index in [4.69, 9.17) is 27.9 Å². The Morgan fingerprint density at radius 1 is 1.16 bits per heavy atom. The van der Waals surface area contributed by atoms with E-state index in [1.54, 1.807) is 14.0 Å². The zero-order valence-corrected chi connectivity index (χ0v) is 23.8. The van der Waals surface area contributed by atoms with Crippen LogP contribution in [0, 0.1) is 6.92 Å². The minimum Gasteiger partial charge on any atom is -0.383 e. The summed E-state index contributed by atoms with van der Waals surface area (Å²) in [6, 6.07) is 10.5. The summed E-state index contributed by atoms with van der Waals surface area (Å²) < 4.78 is 32.6. The normalized spacial score (nSPS) is 13.3. The number of halogens is 2. The van der Waals surface area contributed by atoms with E-state index in [-0.39, 0.29) is 35.5 Å². The van der Waals surface area contributed by atoms with Gasteiger partial charge in [-0.1, -0.05) is 47.5 Å². The molecule has 2 N–H and O–H groups in total. The van der Waals surface area contributed by atoms with Gasteiger partial charge < -0.3 is 20.3 Å². The molecule has 0 atom stereocenters. The number of benzene rings is 2. The number of likely N-dealkylation sites (N-methyl/N-ethyl adjacent to an activating group) is 1. The van der Waals surface area contributed by atoms with E-state index in [1.165, 1.54) is 24.1 Å². The third kappa shape index (κ3) is 7.45. The third-order valence-corrected chi connectivity index (χ3v) is 8.85. The summed E-state index contributed by atoms with van der Waals surface area (Å²) >= 11 is 12.3. The number of sulfonamides is 1. The molecule has 0 unspecified atom stereocenters. The number of rotatable bonds is 12. The van der Waals surface area contributed by atoms with Gasteiger partial charge in [-0.2, -0.15) is 4.31 Å². The fraction of sp³-hybridized carbons (Fsp3) is 0.400. The lowest BCUT2D eigenvalue weighted by molar-refractivity contribution is -0.132. The van der Waals surface area contributed by atoms with Crippen molar-refractivity contribution in [3.05, 3.63) is 63.1 Å². The molecule has 0 saturated heterocycles. The number of hydrogen-bond acceptors (Lipinski definition) is 7. The van der Waals surface area contributed by atoms with E-state index in [1.807, 2.05) is 24.3 Å². The Morgan fingerprint density at radius 3 is 2.50 bits per heavy atom. The number of ether oxygens (including phenoxy) is 1. The maximum Gasteiger partial charge on any atom is 0.245 e. The maximum absolute atomic E-state index is 13.3. The zero-order valence-electron chi connectivity index (χ0n) is 21.5. The lowest BCUT2D eigenvalue weighted by Crippen LogP contribution is -2.45. The minimum absolute atomic E-state index is 0.0161. The Bertz CT molecular complexity index is 1300. The molecule has 0 aliphatic carbocycles. The standard InChI is InChI=1S/C25H31Cl2N5O5S/c1-17-20(26)8-9-21(24(17)27)38(35,36)32(12-13-37-3)16-22(33)30-14-23(34)31(2)15-18-4-6-19(7-5-18)25-28-10-11-29-25/h4-9H,10-16H2,1-3H3,(H,28,29)(H,30,33). The van der Waals surface area contributed by atoms with Crippen molar-refractivity contribution < 1.29 is 22.7 Å². The average Bonchev–Trinajstić information content (AvgIpc) is 3.43. The third-order valence-electron chi connectivity index (χ3n) is 5.95. The molecule has 206 valence electrons. The number of carbonyl (C=O) groups excluding carboxylic acids is 2. The van der Waals surface area contributed by atoms with Gasteiger partial charge in [-0.25, -0.2) is 8.42 Å². The smallest absolute Gasteiger partial charge is 0.245 e. The van der Waals surface area contributed by atoms with Gasteiger partial charge in [0, 0.05) is 44.4 Å². The highest BCUT2D eigenvalue weighted by Crippen LogP contribution is 2.31. The van der Waals surface area contributed by atoms with Crippen molar-refractivity contribution >= 4 is 50.9 Å². The van der Waals surface area contributed by atoms with Crippen molar-refractivity contribution in [2.75, 3.05) is 53.5 Å². The van der Waals surface area contributed by atoms with Gasteiger partial charge in [0.1, 0.15) is 10.7 Å². The van der Waals surface area contributed by atoms with Crippen LogP contribution in [0.5, 0.6) is 0 Å². The van der Waals surface area contributed by atoms with Gasteiger partial charge >= 0.3 is 0 Å². The molecule has 2 aromatic carbocycles. The monoisotopic (exact) mass is 583 g/mol. The molecule has 0 aromatic heterocycles. The van der Waals surface area contributed by atoms with Gasteiger partial charge in [-0.05, 0) is 30.2 Å². The number of nitrogens with zero attached hydrogens (tertiary/aromatic N) is 3. The Kier molecular flexibility index (Phi) is 10.5. The summed E-state index contributed by atoms with van der Waals surface area (Å²) in [6.45, 7) is 2.70. The van der Waals surface area contributed by atoms with Crippen molar-refractivity contribution in [1.82, 2.24) is 19.8 Å². The molecule has 0 radical (unpaired) electrons. The van der Waals surface area contributed by atoms with Gasteiger partial charge in [0.05, 0.1) is 31.3 Å². The number of hydrogen-bond donors (Lipinski definition) is 2. The summed E-state index contributed by atoms with van der Waals surface area (Å²) in [6.07, 6.45) is 0. The summed E-state index contributed by atoms with van der Waals surface area (Å²) in [7, 11) is -1.10. The predicted molar refractivity (Wildman–Crippen MR) is 147 cm³/mol. The van der Waals surface area contributed by atoms with Crippen LogP contribution in [-0.2, 0) is 30.9 Å². The van der Waals surface area contributed by atoms with E-state index in [2.05, 4.69) is 15.6 Å². The molecule has 3 rings (SSSR count). The van der Waals surface area contributed by atoms with Crippen LogP contribution >= 0.6 is 23.2 Å². The topological polar surface area (TPSA) is 120 Å². The Hall–Kier alpha value is -2.70. The highest BCUT2D eigenvalue weighted by Gasteiger charge is 2.29. The second kappa shape index (κ2) is 13.4. The number of amidine groups is 1. The molecule has 1 heterocycles. The molecule has 1 aliphatic rings. The largest absolute Gasteiger partial charge is 0.383 e. The first-order chi connectivity index (χ1) is 18.0. The lowest BCUT2D eigenvalue weighted by atomic mass is 10.1. The van der Waals surface area contributed by atoms with Crippen molar-refractivity contribution in [3.63, 3.8) is 0 Å². The second-order valence-corrected chi connectivity index (χ2v) is 11.4. The molecule has 13 heteroatoms. The molecular formula is C25H31Cl2N5O5S. The van der Waals surface area contributed by atoms with Gasteiger partial charge in [0.25, 0.3) is 0 Å². The molecule has 0 saturated carbocycles. The van der Waals surface area contributed by atoms with Crippen LogP contribution in [-0.4, -0.2) is 88.8 Å². The van der Waals surface area contributed by atoms with E-state index >= 15 is 0 Å². The fourth-order valence-electron chi connectivity index (χ4n) is 3.70. The first kappa shape index (κ1) is 29.9.